The van der Waals surface area contributed by atoms with E-state index in [1.165, 1.54) is 0 Å². The summed E-state index contributed by atoms with van der Waals surface area (Å²) in [6, 6.07) is 0. The molecule has 0 aromatic heterocycles. The van der Waals surface area contributed by atoms with Crippen molar-refractivity contribution in [2.24, 2.45) is 0 Å². The molecule has 6 heavy (non-hydrogen) atoms. The van der Waals surface area contributed by atoms with Gasteiger partial charge < -0.3 is 5.32 Å². The minimum Gasteiger partial charge on any atom is -0.317 e. The van der Waals surface area contributed by atoms with E-state index in [2.05, 4.69) is 5.32 Å². The van der Waals surface area contributed by atoms with E-state index in [1.54, 1.807) is 0 Å². The molecule has 0 radical (unpaired) electrons. The highest BCUT2D eigenvalue weighted by atomic mass is 14.9. The molecular formula is C5H11N. The van der Waals surface area contributed by atoms with Gasteiger partial charge in [-0.05, 0) is 25.9 Å². The first kappa shape index (κ1) is 2.31. The maximum absolute atomic E-state index is 7.22. The topological polar surface area (TPSA) is 12.0 Å². The first-order chi connectivity index (χ1) is 3.79. The average molecular weight is 87.2 g/mol. The molecule has 1 heterocycles. The van der Waals surface area contributed by atoms with Crippen LogP contribution in [-0.2, 0) is 0 Å². The van der Waals surface area contributed by atoms with Gasteiger partial charge in [0, 0.05) is 2.74 Å². The average Bonchev–Trinajstić information content (AvgIpc) is 1.77. The summed E-state index contributed by atoms with van der Waals surface area (Å²) in [7, 11) is 0. The minimum atomic E-state index is -0.100. The summed E-state index contributed by atoms with van der Waals surface area (Å²) in [4.78, 5) is 0. The van der Waals surface area contributed by atoms with Crippen LogP contribution in [0.3, 0.4) is 0 Å². The van der Waals surface area contributed by atoms with Crippen LogP contribution in [0.15, 0.2) is 0 Å². The molecule has 1 heteroatoms. The molecule has 1 aliphatic heterocycles. The van der Waals surface area contributed by atoms with Gasteiger partial charge in [0.05, 0.1) is 0 Å². The van der Waals surface area contributed by atoms with Crippen LogP contribution < -0.4 is 5.32 Å². The highest BCUT2D eigenvalue weighted by molar-refractivity contribution is 4.55. The van der Waals surface area contributed by atoms with Gasteiger partial charge in [0.1, 0.15) is 0 Å². The van der Waals surface area contributed by atoms with Crippen LogP contribution in [0.25, 0.3) is 0 Å². The minimum absolute atomic E-state index is 0.0385. The molecule has 0 aliphatic carbocycles. The van der Waals surface area contributed by atoms with E-state index in [0.29, 0.717) is 6.54 Å². The van der Waals surface area contributed by atoms with Gasteiger partial charge in [-0.25, -0.2) is 0 Å². The normalized spacial score (nSPS) is 53.3. The first-order valence-corrected chi connectivity index (χ1v) is 2.37. The molecule has 1 aliphatic rings. The van der Waals surface area contributed by atoms with Crippen LogP contribution in [-0.4, -0.2) is 13.1 Å². The second-order valence-electron chi connectivity index (χ2n) is 1.48. The Bertz CT molecular complexity index is 58.8. The van der Waals surface area contributed by atoms with Crippen molar-refractivity contribution < 1.29 is 2.74 Å². The Hall–Kier alpha value is -0.0400. The SMILES string of the molecule is [2H]C1CCC([2H])NC1. The molecule has 1 fully saturated rings. The van der Waals surface area contributed by atoms with Crippen molar-refractivity contribution in [2.75, 3.05) is 13.1 Å². The molecular weight excluding hydrogens is 74.1 g/mol. The van der Waals surface area contributed by atoms with Gasteiger partial charge >= 0.3 is 0 Å². The van der Waals surface area contributed by atoms with Crippen LogP contribution in [0.1, 0.15) is 22.0 Å². The third-order valence-electron chi connectivity index (χ3n) is 0.922. The van der Waals surface area contributed by atoms with E-state index < -0.39 is 0 Å². The van der Waals surface area contributed by atoms with Crippen molar-refractivity contribution in [1.82, 2.24) is 5.32 Å². The summed E-state index contributed by atoms with van der Waals surface area (Å²) in [6.07, 6.45) is 1.77. The maximum Gasteiger partial charge on any atom is 0.0428 e. The molecule has 2 unspecified atom stereocenters. The van der Waals surface area contributed by atoms with Crippen molar-refractivity contribution in [3.63, 3.8) is 0 Å². The summed E-state index contributed by atoms with van der Waals surface area (Å²) < 4.78 is 14.4. The molecule has 0 spiro atoms. The van der Waals surface area contributed by atoms with E-state index in [4.69, 9.17) is 2.74 Å². The Morgan fingerprint density at radius 2 is 2.50 bits per heavy atom. The highest BCUT2D eigenvalue weighted by Gasteiger charge is 1.93. The van der Waals surface area contributed by atoms with Crippen molar-refractivity contribution in [2.45, 2.75) is 19.2 Å². The van der Waals surface area contributed by atoms with E-state index in [1.807, 2.05) is 0 Å². The third-order valence-corrected chi connectivity index (χ3v) is 0.922. The van der Waals surface area contributed by atoms with Gasteiger partial charge in [0.15, 0.2) is 0 Å². The van der Waals surface area contributed by atoms with Crippen LogP contribution >= 0.6 is 0 Å². The Balaban J connectivity index is 2.19. The second-order valence-corrected chi connectivity index (χ2v) is 1.48. The molecule has 1 N–H and O–H groups in total. The van der Waals surface area contributed by atoms with Crippen molar-refractivity contribution in [1.29, 1.82) is 0 Å². The van der Waals surface area contributed by atoms with Crippen LogP contribution in [0.5, 0.6) is 0 Å². The smallest absolute Gasteiger partial charge is 0.0428 e. The molecule has 1 nitrogen and oxygen atoms in total. The Labute approximate surface area is 41.6 Å². The van der Waals surface area contributed by atoms with Gasteiger partial charge in [-0.1, -0.05) is 6.42 Å². The largest absolute Gasteiger partial charge is 0.317 e. The molecule has 1 rings (SSSR count). The summed E-state index contributed by atoms with van der Waals surface area (Å²) in [5.74, 6) is 0. The predicted octanol–water partition coefficient (Wildman–Crippen LogP) is 0.760. The fourth-order valence-corrected chi connectivity index (χ4v) is 0.572. The zero-order valence-electron chi connectivity index (χ0n) is 5.78. The maximum atomic E-state index is 7.22. The zero-order valence-corrected chi connectivity index (χ0v) is 3.78. The summed E-state index contributed by atoms with van der Waals surface area (Å²) >= 11 is 0. The molecule has 0 aromatic rings. The Kier molecular flexibility index (Phi) is 0.845. The number of hydrogen-bond acceptors (Lipinski definition) is 1. The summed E-state index contributed by atoms with van der Waals surface area (Å²) in [5.41, 5.74) is 0. The Morgan fingerprint density at radius 3 is 3.00 bits per heavy atom. The van der Waals surface area contributed by atoms with Crippen molar-refractivity contribution in [3.8, 4) is 0 Å². The van der Waals surface area contributed by atoms with E-state index in [0.717, 1.165) is 12.8 Å². The molecule has 1 saturated heterocycles. The third kappa shape index (κ3) is 0.977. The van der Waals surface area contributed by atoms with Gasteiger partial charge in [-0.15, -0.1) is 0 Å². The highest BCUT2D eigenvalue weighted by Crippen LogP contribution is 1.96. The lowest BCUT2D eigenvalue weighted by Gasteiger charge is -2.08. The van der Waals surface area contributed by atoms with E-state index in [-0.39, 0.29) is 12.9 Å². The molecule has 36 valence electrons. The standard InChI is InChI=1S/C5H11N/c1-2-4-6-5-3-1/h6H,1-5H2/i2D,5D. The zero-order chi connectivity index (χ0) is 5.98. The van der Waals surface area contributed by atoms with Gasteiger partial charge in [0.2, 0.25) is 0 Å². The number of nitrogens with one attached hydrogen (secondary N) is 1. The van der Waals surface area contributed by atoms with Crippen molar-refractivity contribution >= 4 is 0 Å². The van der Waals surface area contributed by atoms with Crippen molar-refractivity contribution in [3.05, 3.63) is 0 Å². The van der Waals surface area contributed by atoms with Gasteiger partial charge in [-0.3, -0.25) is 0 Å². The lowest BCUT2D eigenvalue weighted by molar-refractivity contribution is 0.520. The number of piperidine rings is 1. The predicted molar refractivity (Wildman–Crippen MR) is 26.7 cm³/mol. The van der Waals surface area contributed by atoms with E-state index in [9.17, 15) is 0 Å². The van der Waals surface area contributed by atoms with Gasteiger partial charge in [-0.2, -0.15) is 0 Å². The Morgan fingerprint density at radius 1 is 1.50 bits per heavy atom. The molecule has 0 saturated carbocycles. The number of rotatable bonds is 0. The van der Waals surface area contributed by atoms with Crippen LogP contribution in [0, 0.1) is 0 Å². The fourth-order valence-electron chi connectivity index (χ4n) is 0.572. The fraction of sp³-hybridized carbons (Fsp3) is 1.00. The molecule has 0 aromatic carbocycles. The molecule has 0 bridgehead atoms. The molecule has 2 atom stereocenters. The van der Waals surface area contributed by atoms with Gasteiger partial charge in [0.25, 0.3) is 0 Å². The monoisotopic (exact) mass is 87.1 g/mol. The second kappa shape index (κ2) is 2.19. The van der Waals surface area contributed by atoms with E-state index >= 15 is 0 Å². The lowest BCUT2D eigenvalue weighted by Crippen LogP contribution is -2.21. The molecule has 0 amide bonds. The van der Waals surface area contributed by atoms with Crippen LogP contribution in [0.4, 0.5) is 0 Å². The lowest BCUT2D eigenvalue weighted by atomic mass is 10.2. The number of hydrogen-bond donors (Lipinski definition) is 1. The summed E-state index contributed by atoms with van der Waals surface area (Å²) in [6.45, 7) is 0.602. The van der Waals surface area contributed by atoms with Crippen LogP contribution in [0.2, 0.25) is 0 Å². The summed E-state index contributed by atoms with van der Waals surface area (Å²) in [5, 5.41) is 2.91. The first-order valence-electron chi connectivity index (χ1n) is 3.52. The quantitative estimate of drug-likeness (QED) is 0.460.